The first-order chi connectivity index (χ1) is 7.70. The number of aromatic nitrogens is 2. The van der Waals surface area contributed by atoms with Gasteiger partial charge in [-0.3, -0.25) is 9.97 Å². The molecule has 0 bridgehead atoms. The first-order valence-corrected chi connectivity index (χ1v) is 4.78. The molecule has 0 atom stereocenters. The van der Waals surface area contributed by atoms with Crippen LogP contribution < -0.4 is 34.7 Å². The molecule has 0 amide bonds. The quantitative estimate of drug-likeness (QED) is 0.556. The Balaban J connectivity index is 0.00000144. The van der Waals surface area contributed by atoms with Gasteiger partial charge >= 0.3 is 29.6 Å². The standard InChI is InChI=1S/C12H10N2O2.Na/c1-8-4-2-3-5-9(8)10-11(12(15)16)14-7-6-13-10;/h2-7H,1H3,(H,15,16);/q;+1/p-1. The number of carbonyl (C=O) groups excluding carboxylic acids is 1. The molecule has 0 N–H and O–H groups in total. The van der Waals surface area contributed by atoms with Gasteiger partial charge in [0.1, 0.15) is 5.69 Å². The van der Waals surface area contributed by atoms with Gasteiger partial charge in [-0.15, -0.1) is 0 Å². The Morgan fingerprint density at radius 2 is 1.82 bits per heavy atom. The molecule has 17 heavy (non-hydrogen) atoms. The predicted molar refractivity (Wildman–Crippen MR) is 56.5 cm³/mol. The van der Waals surface area contributed by atoms with Crippen LogP contribution in [0.5, 0.6) is 0 Å². The van der Waals surface area contributed by atoms with Gasteiger partial charge in [0, 0.05) is 18.0 Å². The molecule has 0 saturated heterocycles. The van der Waals surface area contributed by atoms with Crippen LogP contribution in [0.1, 0.15) is 16.1 Å². The molecule has 4 nitrogen and oxygen atoms in total. The molecule has 1 aromatic heterocycles. The average molecular weight is 236 g/mol. The zero-order valence-electron chi connectivity index (χ0n) is 9.68. The van der Waals surface area contributed by atoms with Crippen molar-refractivity contribution in [2.75, 3.05) is 0 Å². The number of carboxylic acid groups (broad SMARTS) is 1. The van der Waals surface area contributed by atoms with Crippen molar-refractivity contribution in [3.8, 4) is 11.3 Å². The van der Waals surface area contributed by atoms with Gasteiger partial charge in [-0.05, 0) is 12.5 Å². The fourth-order valence-electron chi connectivity index (χ4n) is 1.52. The molecule has 5 heteroatoms. The predicted octanol–water partition coefficient (Wildman–Crippen LogP) is -2.18. The largest absolute Gasteiger partial charge is 1.00 e. The van der Waals surface area contributed by atoms with Crippen molar-refractivity contribution < 1.29 is 39.5 Å². The van der Waals surface area contributed by atoms with E-state index in [1.54, 1.807) is 0 Å². The second-order valence-corrected chi connectivity index (χ2v) is 3.36. The van der Waals surface area contributed by atoms with Crippen LogP contribution in [0.15, 0.2) is 36.7 Å². The first kappa shape index (κ1) is 13.8. The maximum Gasteiger partial charge on any atom is 1.00 e. The molecule has 0 radical (unpaired) electrons. The molecule has 0 aliphatic rings. The van der Waals surface area contributed by atoms with E-state index in [4.69, 9.17) is 0 Å². The molecule has 0 spiro atoms. The minimum atomic E-state index is -1.31. The Morgan fingerprint density at radius 1 is 1.18 bits per heavy atom. The van der Waals surface area contributed by atoms with Crippen molar-refractivity contribution in [1.29, 1.82) is 0 Å². The van der Waals surface area contributed by atoms with Crippen molar-refractivity contribution in [3.63, 3.8) is 0 Å². The second-order valence-electron chi connectivity index (χ2n) is 3.36. The van der Waals surface area contributed by atoms with Crippen molar-refractivity contribution in [2.45, 2.75) is 6.92 Å². The number of aryl methyl sites for hydroxylation is 1. The SMILES string of the molecule is Cc1ccccc1-c1nccnc1C(=O)[O-].[Na+]. The number of aromatic carboxylic acids is 1. The Hall–Kier alpha value is -1.23. The zero-order chi connectivity index (χ0) is 11.5. The molecule has 0 saturated carbocycles. The minimum Gasteiger partial charge on any atom is -0.543 e. The number of carboxylic acids is 1. The van der Waals surface area contributed by atoms with Gasteiger partial charge in [0.15, 0.2) is 0 Å². The van der Waals surface area contributed by atoms with E-state index in [9.17, 15) is 9.90 Å². The summed E-state index contributed by atoms with van der Waals surface area (Å²) in [6.07, 6.45) is 2.81. The van der Waals surface area contributed by atoms with Gasteiger partial charge in [-0.1, -0.05) is 24.3 Å². The van der Waals surface area contributed by atoms with Crippen LogP contribution in [-0.4, -0.2) is 15.9 Å². The fourth-order valence-corrected chi connectivity index (χ4v) is 1.52. The third-order valence-electron chi connectivity index (χ3n) is 2.29. The zero-order valence-corrected chi connectivity index (χ0v) is 11.7. The summed E-state index contributed by atoms with van der Waals surface area (Å²) in [5.41, 5.74) is 1.93. The van der Waals surface area contributed by atoms with E-state index in [1.165, 1.54) is 12.4 Å². The van der Waals surface area contributed by atoms with Crippen molar-refractivity contribution in [2.24, 2.45) is 0 Å². The Labute approximate surface area is 121 Å². The van der Waals surface area contributed by atoms with Crippen LogP contribution in [0.25, 0.3) is 11.3 Å². The number of rotatable bonds is 2. The van der Waals surface area contributed by atoms with Gasteiger partial charge in [0.25, 0.3) is 0 Å². The monoisotopic (exact) mass is 236 g/mol. The summed E-state index contributed by atoms with van der Waals surface area (Å²) in [4.78, 5) is 18.7. The summed E-state index contributed by atoms with van der Waals surface area (Å²) in [6.45, 7) is 1.89. The van der Waals surface area contributed by atoms with Gasteiger partial charge in [0.2, 0.25) is 0 Å². The van der Waals surface area contributed by atoms with E-state index in [-0.39, 0.29) is 35.3 Å². The molecule has 0 fully saturated rings. The topological polar surface area (TPSA) is 65.9 Å². The Bertz CT molecular complexity index is 544. The summed E-state index contributed by atoms with van der Waals surface area (Å²) in [6, 6.07) is 7.42. The van der Waals surface area contributed by atoms with E-state index in [0.29, 0.717) is 5.69 Å². The molecule has 80 valence electrons. The number of benzene rings is 1. The molecule has 1 heterocycles. The number of carbonyl (C=O) groups is 1. The smallest absolute Gasteiger partial charge is 0.543 e. The summed E-state index contributed by atoms with van der Waals surface area (Å²) in [5, 5.41) is 10.9. The maximum absolute atomic E-state index is 10.9. The van der Waals surface area contributed by atoms with Gasteiger partial charge in [-0.25, -0.2) is 0 Å². The Kier molecular flexibility index (Phi) is 4.81. The minimum absolute atomic E-state index is 0. The Morgan fingerprint density at radius 3 is 2.47 bits per heavy atom. The van der Waals surface area contributed by atoms with Crippen molar-refractivity contribution in [3.05, 3.63) is 47.9 Å². The molecule has 0 unspecified atom stereocenters. The second kappa shape index (κ2) is 5.91. The summed E-state index contributed by atoms with van der Waals surface area (Å²) >= 11 is 0. The van der Waals surface area contributed by atoms with E-state index >= 15 is 0 Å². The molecule has 2 aromatic rings. The van der Waals surface area contributed by atoms with Crippen LogP contribution >= 0.6 is 0 Å². The van der Waals surface area contributed by atoms with Gasteiger partial charge in [-0.2, -0.15) is 0 Å². The fraction of sp³-hybridized carbons (Fsp3) is 0.0833. The van der Waals surface area contributed by atoms with Crippen LogP contribution in [0.3, 0.4) is 0 Å². The number of hydrogen-bond donors (Lipinski definition) is 0. The third kappa shape index (κ3) is 2.91. The first-order valence-electron chi connectivity index (χ1n) is 4.78. The summed E-state index contributed by atoms with van der Waals surface area (Å²) in [7, 11) is 0. The maximum atomic E-state index is 10.9. The summed E-state index contributed by atoms with van der Waals surface area (Å²) < 4.78 is 0. The van der Waals surface area contributed by atoms with Crippen LogP contribution in [0.4, 0.5) is 0 Å². The molecule has 0 aliphatic heterocycles. The molecule has 2 rings (SSSR count). The van der Waals surface area contributed by atoms with E-state index in [0.717, 1.165) is 11.1 Å². The van der Waals surface area contributed by atoms with Gasteiger partial charge in [0.05, 0.1) is 11.7 Å². The van der Waals surface area contributed by atoms with Crippen LogP contribution in [-0.2, 0) is 0 Å². The third-order valence-corrected chi connectivity index (χ3v) is 2.29. The van der Waals surface area contributed by atoms with Crippen LogP contribution in [0.2, 0.25) is 0 Å². The summed E-state index contributed by atoms with van der Waals surface area (Å²) in [5.74, 6) is -1.31. The van der Waals surface area contributed by atoms with Crippen molar-refractivity contribution in [1.82, 2.24) is 9.97 Å². The molecular weight excluding hydrogens is 227 g/mol. The normalized spacial score (nSPS) is 9.47. The van der Waals surface area contributed by atoms with E-state index in [1.807, 2.05) is 31.2 Å². The van der Waals surface area contributed by atoms with Crippen LogP contribution in [0, 0.1) is 6.92 Å². The van der Waals surface area contributed by atoms with Crippen molar-refractivity contribution >= 4 is 5.97 Å². The van der Waals surface area contributed by atoms with E-state index < -0.39 is 5.97 Å². The molecule has 0 aliphatic carbocycles. The number of hydrogen-bond acceptors (Lipinski definition) is 4. The molecular formula is C12H9N2NaO2. The number of nitrogens with zero attached hydrogens (tertiary/aromatic N) is 2. The average Bonchev–Trinajstić information content (AvgIpc) is 2.29. The van der Waals surface area contributed by atoms with Gasteiger partial charge < -0.3 is 9.90 Å². The molecule has 1 aromatic carbocycles. The van der Waals surface area contributed by atoms with E-state index in [2.05, 4.69) is 9.97 Å².